The second kappa shape index (κ2) is 5.54. The van der Waals surface area contributed by atoms with Gasteiger partial charge in [-0.3, -0.25) is 0 Å². The fourth-order valence-electron chi connectivity index (χ4n) is 3.02. The molecule has 0 radical (unpaired) electrons. The van der Waals surface area contributed by atoms with Crippen LogP contribution in [-0.2, 0) is 0 Å². The molecular formula is C18H17F2N3O. The molecular weight excluding hydrogens is 312 g/mol. The lowest BCUT2D eigenvalue weighted by Gasteiger charge is -2.07. The van der Waals surface area contributed by atoms with Gasteiger partial charge in [0.05, 0.1) is 23.9 Å². The molecule has 1 aliphatic carbocycles. The fraction of sp³-hybridized carbons (Fsp3) is 0.333. The largest absolute Gasteiger partial charge is 0.497 e. The Morgan fingerprint density at radius 3 is 2.50 bits per heavy atom. The molecule has 0 N–H and O–H groups in total. The van der Waals surface area contributed by atoms with Gasteiger partial charge in [0, 0.05) is 17.2 Å². The molecule has 0 unspecified atom stereocenters. The van der Waals surface area contributed by atoms with Gasteiger partial charge in [-0.15, -0.1) is 0 Å². The lowest BCUT2D eigenvalue weighted by molar-refractivity contribution is 0.153. The number of aryl methyl sites for hydroxylation is 1. The van der Waals surface area contributed by atoms with Crippen molar-refractivity contribution >= 4 is 11.0 Å². The zero-order valence-corrected chi connectivity index (χ0v) is 13.5. The topological polar surface area (TPSA) is 39.9 Å². The van der Waals surface area contributed by atoms with Crippen LogP contribution < -0.4 is 4.74 Å². The molecule has 0 saturated heterocycles. The van der Waals surface area contributed by atoms with E-state index in [2.05, 4.69) is 10.1 Å². The van der Waals surface area contributed by atoms with E-state index in [1.54, 1.807) is 18.7 Å². The average molecular weight is 329 g/mol. The van der Waals surface area contributed by atoms with Gasteiger partial charge in [0.1, 0.15) is 5.75 Å². The smallest absolute Gasteiger partial charge is 0.264 e. The molecule has 0 atom stereocenters. The quantitative estimate of drug-likeness (QED) is 0.705. The van der Waals surface area contributed by atoms with Crippen molar-refractivity contribution < 1.29 is 13.5 Å². The summed E-state index contributed by atoms with van der Waals surface area (Å²) in [5.41, 5.74) is 2.61. The predicted octanol–water partition coefficient (Wildman–Crippen LogP) is 4.55. The van der Waals surface area contributed by atoms with E-state index in [0.29, 0.717) is 16.7 Å². The average Bonchev–Trinajstić information content (AvgIpc) is 3.35. The zero-order valence-electron chi connectivity index (χ0n) is 13.5. The third-order valence-electron chi connectivity index (χ3n) is 4.34. The standard InChI is InChI=1S/C18H17F2N3O/c1-10-9-14(17(19)20)15-16(11-3-4-11)22-23(18(15)21-10)12-5-7-13(24-2)8-6-12/h5-9,11,17H,3-4H2,1-2H3. The minimum atomic E-state index is -2.54. The highest BCUT2D eigenvalue weighted by molar-refractivity contribution is 5.85. The van der Waals surface area contributed by atoms with Crippen molar-refractivity contribution in [3.8, 4) is 11.4 Å². The summed E-state index contributed by atoms with van der Waals surface area (Å²) in [5, 5.41) is 5.15. The summed E-state index contributed by atoms with van der Waals surface area (Å²) < 4.78 is 34.0. The molecule has 4 rings (SSSR count). The lowest BCUT2D eigenvalue weighted by Crippen LogP contribution is -1.99. The molecule has 2 heterocycles. The van der Waals surface area contributed by atoms with Crippen molar-refractivity contribution in [1.29, 1.82) is 0 Å². The van der Waals surface area contributed by atoms with E-state index in [0.717, 1.165) is 30.0 Å². The Kier molecular flexibility index (Phi) is 3.48. The van der Waals surface area contributed by atoms with Crippen LogP contribution >= 0.6 is 0 Å². The third-order valence-corrected chi connectivity index (χ3v) is 4.34. The zero-order chi connectivity index (χ0) is 16.8. The first-order valence-corrected chi connectivity index (χ1v) is 7.91. The first-order chi connectivity index (χ1) is 11.6. The van der Waals surface area contributed by atoms with Crippen molar-refractivity contribution in [2.75, 3.05) is 7.11 Å². The van der Waals surface area contributed by atoms with Crippen molar-refractivity contribution in [2.24, 2.45) is 0 Å². The van der Waals surface area contributed by atoms with Crippen LogP contribution in [0.4, 0.5) is 8.78 Å². The second-order valence-corrected chi connectivity index (χ2v) is 6.12. The number of alkyl halides is 2. The van der Waals surface area contributed by atoms with E-state index in [9.17, 15) is 8.78 Å². The van der Waals surface area contributed by atoms with E-state index < -0.39 is 6.43 Å². The summed E-state index contributed by atoms with van der Waals surface area (Å²) in [4.78, 5) is 4.50. The Labute approximate surface area is 138 Å². The molecule has 1 fully saturated rings. The monoisotopic (exact) mass is 329 g/mol. The third kappa shape index (κ3) is 2.42. The van der Waals surface area contributed by atoms with Crippen LogP contribution in [0.2, 0.25) is 0 Å². The highest BCUT2D eigenvalue weighted by atomic mass is 19.3. The van der Waals surface area contributed by atoms with Crippen LogP contribution in [0, 0.1) is 6.92 Å². The number of benzene rings is 1. The number of fused-ring (bicyclic) bond motifs is 1. The summed E-state index contributed by atoms with van der Waals surface area (Å²) >= 11 is 0. The minimum absolute atomic E-state index is 0.0270. The summed E-state index contributed by atoms with van der Waals surface area (Å²) in [7, 11) is 1.60. The maximum Gasteiger partial charge on any atom is 0.264 e. The van der Waals surface area contributed by atoms with Gasteiger partial charge in [-0.1, -0.05) is 0 Å². The number of rotatable bonds is 4. The van der Waals surface area contributed by atoms with Crippen LogP contribution in [0.1, 0.15) is 42.1 Å². The molecule has 0 amide bonds. The van der Waals surface area contributed by atoms with Crippen molar-refractivity contribution in [1.82, 2.24) is 14.8 Å². The molecule has 1 aromatic carbocycles. The Hall–Kier alpha value is -2.50. The molecule has 2 aromatic heterocycles. The van der Waals surface area contributed by atoms with E-state index in [-0.39, 0.29) is 11.5 Å². The maximum atomic E-state index is 13.6. The van der Waals surface area contributed by atoms with Gasteiger partial charge in [-0.05, 0) is 50.1 Å². The molecule has 124 valence electrons. The summed E-state index contributed by atoms with van der Waals surface area (Å²) in [6.07, 6.45) is -0.559. The molecule has 0 bridgehead atoms. The Morgan fingerprint density at radius 1 is 1.21 bits per heavy atom. The molecule has 1 aliphatic rings. The lowest BCUT2D eigenvalue weighted by atomic mass is 10.1. The number of ether oxygens (including phenoxy) is 1. The molecule has 0 spiro atoms. The Bertz CT molecular complexity index is 899. The number of nitrogens with zero attached hydrogens (tertiary/aromatic N) is 3. The van der Waals surface area contributed by atoms with Crippen molar-refractivity contribution in [3.63, 3.8) is 0 Å². The second-order valence-electron chi connectivity index (χ2n) is 6.12. The van der Waals surface area contributed by atoms with E-state index in [4.69, 9.17) is 4.74 Å². The normalized spacial score (nSPS) is 14.5. The van der Waals surface area contributed by atoms with E-state index >= 15 is 0 Å². The fourth-order valence-corrected chi connectivity index (χ4v) is 3.02. The minimum Gasteiger partial charge on any atom is -0.497 e. The number of aromatic nitrogens is 3. The summed E-state index contributed by atoms with van der Waals surface area (Å²) in [6.45, 7) is 1.73. The predicted molar refractivity (Wildman–Crippen MR) is 87.1 cm³/mol. The van der Waals surface area contributed by atoms with Crippen molar-refractivity contribution in [3.05, 3.63) is 47.3 Å². The maximum absolute atomic E-state index is 13.6. The van der Waals surface area contributed by atoms with Gasteiger partial charge in [-0.25, -0.2) is 18.4 Å². The first-order valence-electron chi connectivity index (χ1n) is 7.91. The first kappa shape index (κ1) is 15.1. The number of pyridine rings is 1. The van der Waals surface area contributed by atoms with Crippen LogP contribution in [0.3, 0.4) is 0 Å². The Morgan fingerprint density at radius 2 is 1.92 bits per heavy atom. The molecule has 3 aromatic rings. The molecule has 1 saturated carbocycles. The van der Waals surface area contributed by atoms with Crippen LogP contribution in [-0.4, -0.2) is 21.9 Å². The number of halogens is 2. The van der Waals surface area contributed by atoms with Crippen LogP contribution in [0.25, 0.3) is 16.7 Å². The highest BCUT2D eigenvalue weighted by Gasteiger charge is 2.32. The Balaban J connectivity index is 1.98. The van der Waals surface area contributed by atoms with Gasteiger partial charge in [0.15, 0.2) is 5.65 Å². The molecule has 6 heteroatoms. The van der Waals surface area contributed by atoms with Gasteiger partial charge in [0.2, 0.25) is 0 Å². The van der Waals surface area contributed by atoms with E-state index in [1.165, 1.54) is 6.07 Å². The van der Waals surface area contributed by atoms with Gasteiger partial charge >= 0.3 is 0 Å². The summed E-state index contributed by atoms with van der Waals surface area (Å²) in [6, 6.07) is 8.83. The SMILES string of the molecule is COc1ccc(-n2nc(C3CC3)c3c(C(F)F)cc(C)nc32)cc1. The molecule has 4 nitrogen and oxygen atoms in total. The number of methoxy groups -OCH3 is 1. The number of hydrogen-bond donors (Lipinski definition) is 0. The van der Waals surface area contributed by atoms with E-state index in [1.807, 2.05) is 24.3 Å². The molecule has 24 heavy (non-hydrogen) atoms. The molecule has 0 aliphatic heterocycles. The van der Waals surface area contributed by atoms with Gasteiger partial charge in [-0.2, -0.15) is 5.10 Å². The summed E-state index contributed by atoms with van der Waals surface area (Å²) in [5.74, 6) is 0.990. The van der Waals surface area contributed by atoms with Crippen molar-refractivity contribution in [2.45, 2.75) is 32.1 Å². The van der Waals surface area contributed by atoms with Gasteiger partial charge in [0.25, 0.3) is 6.43 Å². The highest BCUT2D eigenvalue weighted by Crippen LogP contribution is 2.44. The number of hydrogen-bond acceptors (Lipinski definition) is 3. The van der Waals surface area contributed by atoms with Crippen LogP contribution in [0.15, 0.2) is 30.3 Å². The van der Waals surface area contributed by atoms with Crippen LogP contribution in [0.5, 0.6) is 5.75 Å². The van der Waals surface area contributed by atoms with Gasteiger partial charge < -0.3 is 4.74 Å².